The van der Waals surface area contributed by atoms with Crippen LogP contribution in [-0.2, 0) is 16.1 Å². The van der Waals surface area contributed by atoms with Gasteiger partial charge in [0.25, 0.3) is 0 Å². The molecule has 2 fully saturated rings. The van der Waals surface area contributed by atoms with Gasteiger partial charge in [-0.3, -0.25) is 9.69 Å². The first-order valence-corrected chi connectivity index (χ1v) is 9.30. The highest BCUT2D eigenvalue weighted by atomic mass is 35.5. The van der Waals surface area contributed by atoms with Crippen molar-refractivity contribution in [3.05, 3.63) is 29.6 Å². The lowest BCUT2D eigenvalue weighted by atomic mass is 10.2. The van der Waals surface area contributed by atoms with Crippen LogP contribution in [0, 0.1) is 5.82 Å². The van der Waals surface area contributed by atoms with E-state index in [1.807, 2.05) is 11.0 Å². The number of halogens is 3. The standard InChI is InChI=1S/C19H28FN3O3.2ClH/c1-25-18-5-4-15(11-17(18)20)14-22-6-8-23(9-7-22)19(24)13-21-12-16-3-2-10-26-16;;/h4-5,11,16,21H,2-3,6-10,12-14H2,1H3;2*1H. The zero-order valence-corrected chi connectivity index (χ0v) is 17.8. The summed E-state index contributed by atoms with van der Waals surface area (Å²) in [6.07, 6.45) is 2.44. The summed E-state index contributed by atoms with van der Waals surface area (Å²) in [5.41, 5.74) is 0.918. The Hall–Kier alpha value is -1.12. The lowest BCUT2D eigenvalue weighted by molar-refractivity contribution is -0.132. The van der Waals surface area contributed by atoms with Crippen LogP contribution < -0.4 is 10.1 Å². The number of rotatable bonds is 7. The number of hydrogen-bond acceptors (Lipinski definition) is 5. The van der Waals surface area contributed by atoms with E-state index in [1.54, 1.807) is 6.07 Å². The van der Waals surface area contributed by atoms with Gasteiger partial charge in [-0.05, 0) is 30.5 Å². The number of methoxy groups -OCH3 is 1. The quantitative estimate of drug-likeness (QED) is 0.707. The van der Waals surface area contributed by atoms with Gasteiger partial charge in [0.15, 0.2) is 11.6 Å². The molecule has 1 aromatic rings. The van der Waals surface area contributed by atoms with E-state index in [2.05, 4.69) is 10.2 Å². The van der Waals surface area contributed by atoms with Crippen molar-refractivity contribution in [1.82, 2.24) is 15.1 Å². The Balaban J connectivity index is 0.00000196. The Bertz CT molecular complexity index is 610. The number of carbonyl (C=O) groups excluding carboxylic acids is 1. The average molecular weight is 438 g/mol. The van der Waals surface area contributed by atoms with E-state index in [1.165, 1.54) is 13.2 Å². The van der Waals surface area contributed by atoms with E-state index in [0.717, 1.165) is 44.6 Å². The smallest absolute Gasteiger partial charge is 0.236 e. The van der Waals surface area contributed by atoms with Crippen LogP contribution in [-0.4, -0.2) is 74.8 Å². The molecule has 0 aromatic heterocycles. The number of ether oxygens (including phenoxy) is 2. The fourth-order valence-corrected chi connectivity index (χ4v) is 3.48. The second-order valence-electron chi connectivity index (χ2n) is 6.89. The Kier molecular flexibility index (Phi) is 11.1. The molecule has 0 saturated carbocycles. The molecular weight excluding hydrogens is 408 g/mol. The van der Waals surface area contributed by atoms with Gasteiger partial charge < -0.3 is 19.7 Å². The van der Waals surface area contributed by atoms with E-state index in [4.69, 9.17) is 9.47 Å². The minimum atomic E-state index is -0.337. The molecule has 6 nitrogen and oxygen atoms in total. The van der Waals surface area contributed by atoms with Crippen LogP contribution in [0.1, 0.15) is 18.4 Å². The minimum absolute atomic E-state index is 0. The molecule has 1 N–H and O–H groups in total. The normalized spacial score (nSPS) is 19.6. The zero-order chi connectivity index (χ0) is 18.4. The fourth-order valence-electron chi connectivity index (χ4n) is 3.48. The second-order valence-corrected chi connectivity index (χ2v) is 6.89. The fraction of sp³-hybridized carbons (Fsp3) is 0.632. The van der Waals surface area contributed by atoms with Gasteiger partial charge in [0, 0.05) is 45.9 Å². The maximum absolute atomic E-state index is 13.8. The molecule has 28 heavy (non-hydrogen) atoms. The van der Waals surface area contributed by atoms with Gasteiger partial charge in [-0.25, -0.2) is 4.39 Å². The molecule has 160 valence electrons. The molecule has 0 aliphatic carbocycles. The van der Waals surface area contributed by atoms with E-state index < -0.39 is 0 Å². The zero-order valence-electron chi connectivity index (χ0n) is 16.2. The van der Waals surface area contributed by atoms with Crippen LogP contribution in [0.4, 0.5) is 4.39 Å². The highest BCUT2D eigenvalue weighted by Crippen LogP contribution is 2.19. The molecule has 0 radical (unpaired) electrons. The first kappa shape index (κ1) is 24.9. The lowest BCUT2D eigenvalue weighted by Crippen LogP contribution is -2.50. The van der Waals surface area contributed by atoms with Crippen molar-refractivity contribution in [2.75, 3.05) is 53.0 Å². The monoisotopic (exact) mass is 437 g/mol. The highest BCUT2D eigenvalue weighted by Gasteiger charge is 2.22. The molecular formula is C19H30Cl2FN3O3. The first-order valence-electron chi connectivity index (χ1n) is 9.30. The predicted octanol–water partition coefficient (Wildman–Crippen LogP) is 2.09. The number of piperazine rings is 1. The molecule has 1 amide bonds. The summed E-state index contributed by atoms with van der Waals surface area (Å²) < 4.78 is 24.3. The summed E-state index contributed by atoms with van der Waals surface area (Å²) >= 11 is 0. The number of nitrogens with zero attached hydrogens (tertiary/aromatic N) is 2. The largest absolute Gasteiger partial charge is 0.494 e. The van der Waals surface area contributed by atoms with Gasteiger partial charge in [0.2, 0.25) is 5.91 Å². The number of hydrogen-bond donors (Lipinski definition) is 1. The van der Waals surface area contributed by atoms with Gasteiger partial charge in [-0.15, -0.1) is 24.8 Å². The molecule has 2 aliphatic rings. The molecule has 1 aromatic carbocycles. The van der Waals surface area contributed by atoms with Crippen molar-refractivity contribution in [2.45, 2.75) is 25.5 Å². The second kappa shape index (κ2) is 12.4. The maximum Gasteiger partial charge on any atom is 0.236 e. The summed E-state index contributed by atoms with van der Waals surface area (Å²) in [6.45, 7) is 5.63. The van der Waals surface area contributed by atoms with E-state index in [-0.39, 0.29) is 48.4 Å². The van der Waals surface area contributed by atoms with Crippen LogP contribution in [0.5, 0.6) is 5.75 Å². The Morgan fingerprint density at radius 2 is 2.04 bits per heavy atom. The molecule has 2 heterocycles. The number of amides is 1. The number of nitrogens with one attached hydrogen (secondary N) is 1. The van der Waals surface area contributed by atoms with Crippen molar-refractivity contribution in [1.29, 1.82) is 0 Å². The highest BCUT2D eigenvalue weighted by molar-refractivity contribution is 5.85. The third-order valence-corrected chi connectivity index (χ3v) is 5.02. The third-order valence-electron chi connectivity index (χ3n) is 5.02. The molecule has 1 unspecified atom stereocenters. The molecule has 0 bridgehead atoms. The Morgan fingerprint density at radius 3 is 2.64 bits per heavy atom. The number of carbonyl (C=O) groups is 1. The van der Waals surface area contributed by atoms with E-state index in [9.17, 15) is 9.18 Å². The van der Waals surface area contributed by atoms with Crippen LogP contribution in [0.3, 0.4) is 0 Å². The van der Waals surface area contributed by atoms with Gasteiger partial charge in [0.1, 0.15) is 0 Å². The van der Waals surface area contributed by atoms with Gasteiger partial charge >= 0.3 is 0 Å². The summed E-state index contributed by atoms with van der Waals surface area (Å²) in [6, 6.07) is 5.06. The SMILES string of the molecule is COc1ccc(CN2CCN(C(=O)CNCC3CCCO3)CC2)cc1F.Cl.Cl. The summed E-state index contributed by atoms with van der Waals surface area (Å²) in [5.74, 6) is 0.0638. The summed E-state index contributed by atoms with van der Waals surface area (Å²) in [5, 5.41) is 3.21. The molecule has 2 saturated heterocycles. The van der Waals surface area contributed by atoms with E-state index >= 15 is 0 Å². The third kappa shape index (κ3) is 7.04. The number of benzene rings is 1. The van der Waals surface area contributed by atoms with Crippen LogP contribution in [0.25, 0.3) is 0 Å². The van der Waals surface area contributed by atoms with Crippen molar-refractivity contribution in [2.24, 2.45) is 0 Å². The maximum atomic E-state index is 13.8. The molecule has 3 rings (SSSR count). The topological polar surface area (TPSA) is 54.0 Å². The van der Waals surface area contributed by atoms with Crippen LogP contribution in [0.15, 0.2) is 18.2 Å². The van der Waals surface area contributed by atoms with Gasteiger partial charge in [-0.2, -0.15) is 0 Å². The Morgan fingerprint density at radius 1 is 1.29 bits per heavy atom. The lowest BCUT2D eigenvalue weighted by Gasteiger charge is -2.35. The van der Waals surface area contributed by atoms with E-state index in [0.29, 0.717) is 26.2 Å². The van der Waals surface area contributed by atoms with Crippen molar-refractivity contribution < 1.29 is 18.7 Å². The average Bonchev–Trinajstić information content (AvgIpc) is 3.16. The summed E-state index contributed by atoms with van der Waals surface area (Å²) in [4.78, 5) is 16.4. The molecule has 9 heteroatoms. The Labute approximate surface area is 178 Å². The summed E-state index contributed by atoms with van der Waals surface area (Å²) in [7, 11) is 1.46. The molecule has 2 aliphatic heterocycles. The van der Waals surface area contributed by atoms with Gasteiger partial charge in [-0.1, -0.05) is 6.07 Å². The predicted molar refractivity (Wildman–Crippen MR) is 111 cm³/mol. The van der Waals surface area contributed by atoms with Crippen LogP contribution >= 0.6 is 24.8 Å². The van der Waals surface area contributed by atoms with Crippen molar-refractivity contribution in [3.8, 4) is 5.75 Å². The molecule has 1 atom stereocenters. The first-order chi connectivity index (χ1) is 12.7. The van der Waals surface area contributed by atoms with Crippen molar-refractivity contribution >= 4 is 30.7 Å². The minimum Gasteiger partial charge on any atom is -0.494 e. The molecule has 0 spiro atoms. The van der Waals surface area contributed by atoms with Crippen LogP contribution in [0.2, 0.25) is 0 Å². The van der Waals surface area contributed by atoms with Gasteiger partial charge in [0.05, 0.1) is 19.8 Å². The van der Waals surface area contributed by atoms with Crippen molar-refractivity contribution in [3.63, 3.8) is 0 Å².